The van der Waals surface area contributed by atoms with Crippen LogP contribution in [-0.4, -0.2) is 41.7 Å². The van der Waals surface area contributed by atoms with Crippen LogP contribution in [0.15, 0.2) is 36.7 Å². The summed E-state index contributed by atoms with van der Waals surface area (Å²) in [7, 11) is 2.11. The van der Waals surface area contributed by atoms with E-state index in [2.05, 4.69) is 28.4 Å². The molecule has 0 spiro atoms. The van der Waals surface area contributed by atoms with Gasteiger partial charge in [0.15, 0.2) is 0 Å². The van der Waals surface area contributed by atoms with Crippen LogP contribution in [0.4, 0.5) is 0 Å². The molecule has 0 saturated carbocycles. The second-order valence-electron chi connectivity index (χ2n) is 4.75. The van der Waals surface area contributed by atoms with Gasteiger partial charge in [-0.2, -0.15) is 0 Å². The first-order valence-corrected chi connectivity index (χ1v) is 6.34. The first-order chi connectivity index (χ1) is 8.74. The average molecular weight is 247 g/mol. The molecule has 0 radical (unpaired) electrons. The van der Waals surface area contributed by atoms with Gasteiger partial charge in [0.25, 0.3) is 0 Å². The first kappa shape index (κ1) is 12.8. The summed E-state index contributed by atoms with van der Waals surface area (Å²) in [5.74, 6) is 0.342. The van der Waals surface area contributed by atoms with Crippen molar-refractivity contribution in [1.82, 2.24) is 15.1 Å². The van der Waals surface area contributed by atoms with Gasteiger partial charge in [-0.05, 0) is 37.7 Å². The van der Waals surface area contributed by atoms with Gasteiger partial charge in [0, 0.05) is 25.5 Å². The number of hydrogen-bond donors (Lipinski definition) is 2. The third kappa shape index (κ3) is 3.96. The lowest BCUT2D eigenvalue weighted by molar-refractivity contribution is 0.292. The minimum absolute atomic E-state index is 0.342. The quantitative estimate of drug-likeness (QED) is 0.800. The summed E-state index contributed by atoms with van der Waals surface area (Å²) < 4.78 is 0. The molecule has 0 unspecified atom stereocenters. The smallest absolute Gasteiger partial charge is 0.115 e. The van der Waals surface area contributed by atoms with Gasteiger partial charge in [-0.1, -0.05) is 12.1 Å². The molecule has 0 fully saturated rings. The molecule has 0 bridgehead atoms. The predicted molar refractivity (Wildman–Crippen MR) is 72.9 cm³/mol. The Morgan fingerprint density at radius 3 is 3.06 bits per heavy atom. The van der Waals surface area contributed by atoms with Crippen LogP contribution < -0.4 is 5.32 Å². The third-order valence-electron chi connectivity index (χ3n) is 3.05. The van der Waals surface area contributed by atoms with Crippen molar-refractivity contribution in [3.8, 4) is 5.75 Å². The minimum Gasteiger partial charge on any atom is -0.508 e. The number of phenols is 1. The highest BCUT2D eigenvalue weighted by Gasteiger charge is 2.05. The molecule has 1 aromatic rings. The van der Waals surface area contributed by atoms with Crippen molar-refractivity contribution in [3.63, 3.8) is 0 Å². The van der Waals surface area contributed by atoms with Crippen LogP contribution in [-0.2, 0) is 6.54 Å². The van der Waals surface area contributed by atoms with Crippen LogP contribution in [0.1, 0.15) is 12.0 Å². The molecule has 0 amide bonds. The molecule has 2 rings (SSSR count). The van der Waals surface area contributed by atoms with E-state index in [0.29, 0.717) is 5.75 Å². The standard InChI is InChI=1S/C14H21N3O/c1-16(7-3-8-17-9-6-15-12-17)11-13-4-2-5-14(18)10-13/h2,4-6,9-10,15,18H,3,7-8,11-12H2,1H3. The number of rotatable bonds is 6. The number of phenolic OH excluding ortho intramolecular Hbond substituents is 1. The second-order valence-corrected chi connectivity index (χ2v) is 4.75. The highest BCUT2D eigenvalue weighted by Crippen LogP contribution is 2.12. The van der Waals surface area contributed by atoms with Crippen molar-refractivity contribution in [3.05, 3.63) is 42.2 Å². The van der Waals surface area contributed by atoms with Crippen molar-refractivity contribution >= 4 is 0 Å². The van der Waals surface area contributed by atoms with Gasteiger partial charge in [0.2, 0.25) is 0 Å². The minimum atomic E-state index is 0.342. The molecule has 1 aliphatic rings. The SMILES string of the molecule is CN(CCCN1C=CNC1)Cc1cccc(O)c1. The molecule has 0 aromatic heterocycles. The van der Waals surface area contributed by atoms with Crippen LogP contribution >= 0.6 is 0 Å². The second kappa shape index (κ2) is 6.31. The number of aromatic hydroxyl groups is 1. The third-order valence-corrected chi connectivity index (χ3v) is 3.05. The largest absolute Gasteiger partial charge is 0.508 e. The Bertz CT molecular complexity index is 406. The van der Waals surface area contributed by atoms with E-state index in [-0.39, 0.29) is 0 Å². The summed E-state index contributed by atoms with van der Waals surface area (Å²) in [4.78, 5) is 4.55. The van der Waals surface area contributed by atoms with E-state index in [1.54, 1.807) is 6.07 Å². The average Bonchev–Trinajstić information content (AvgIpc) is 2.82. The van der Waals surface area contributed by atoms with E-state index in [1.807, 2.05) is 24.4 Å². The molecular weight excluding hydrogens is 226 g/mol. The number of nitrogens with zero attached hydrogens (tertiary/aromatic N) is 2. The summed E-state index contributed by atoms with van der Waals surface area (Å²) in [5, 5.41) is 12.6. The van der Waals surface area contributed by atoms with Gasteiger partial charge in [-0.3, -0.25) is 0 Å². The Hall–Kier alpha value is -1.68. The van der Waals surface area contributed by atoms with E-state index in [0.717, 1.165) is 38.3 Å². The molecule has 0 saturated heterocycles. The first-order valence-electron chi connectivity index (χ1n) is 6.34. The van der Waals surface area contributed by atoms with Gasteiger partial charge in [0.05, 0.1) is 6.67 Å². The lowest BCUT2D eigenvalue weighted by Crippen LogP contribution is -2.26. The molecule has 4 nitrogen and oxygen atoms in total. The number of nitrogens with one attached hydrogen (secondary N) is 1. The van der Waals surface area contributed by atoms with Crippen LogP contribution in [0.2, 0.25) is 0 Å². The van der Waals surface area contributed by atoms with Crippen LogP contribution in [0.5, 0.6) is 5.75 Å². The maximum atomic E-state index is 9.41. The maximum Gasteiger partial charge on any atom is 0.115 e. The molecule has 0 atom stereocenters. The highest BCUT2D eigenvalue weighted by atomic mass is 16.3. The Balaban J connectivity index is 1.68. The monoisotopic (exact) mass is 247 g/mol. The van der Waals surface area contributed by atoms with Gasteiger partial charge in [-0.25, -0.2) is 0 Å². The van der Waals surface area contributed by atoms with E-state index >= 15 is 0 Å². The Labute approximate surface area is 109 Å². The fourth-order valence-corrected chi connectivity index (χ4v) is 2.12. The van der Waals surface area contributed by atoms with Crippen LogP contribution in [0.3, 0.4) is 0 Å². The maximum absolute atomic E-state index is 9.41. The van der Waals surface area contributed by atoms with Crippen molar-refractivity contribution in [2.45, 2.75) is 13.0 Å². The van der Waals surface area contributed by atoms with E-state index in [4.69, 9.17) is 0 Å². The summed E-state index contributed by atoms with van der Waals surface area (Å²) in [6.07, 6.45) is 5.22. The fourth-order valence-electron chi connectivity index (χ4n) is 2.12. The van der Waals surface area contributed by atoms with Crippen molar-refractivity contribution in [1.29, 1.82) is 0 Å². The van der Waals surface area contributed by atoms with Crippen LogP contribution in [0, 0.1) is 0 Å². The molecule has 1 aromatic carbocycles. The Morgan fingerprint density at radius 1 is 1.44 bits per heavy atom. The topological polar surface area (TPSA) is 38.7 Å². The summed E-state index contributed by atoms with van der Waals surface area (Å²) in [6, 6.07) is 7.46. The molecule has 1 aliphatic heterocycles. The molecule has 2 N–H and O–H groups in total. The van der Waals surface area contributed by atoms with Crippen molar-refractivity contribution in [2.24, 2.45) is 0 Å². The Morgan fingerprint density at radius 2 is 2.33 bits per heavy atom. The molecule has 0 aliphatic carbocycles. The summed E-state index contributed by atoms with van der Waals surface area (Å²) in [5.41, 5.74) is 1.15. The van der Waals surface area contributed by atoms with E-state index in [9.17, 15) is 5.11 Å². The molecule has 18 heavy (non-hydrogen) atoms. The molecule has 4 heteroatoms. The molecule has 1 heterocycles. The van der Waals surface area contributed by atoms with E-state index < -0.39 is 0 Å². The van der Waals surface area contributed by atoms with Crippen LogP contribution in [0.25, 0.3) is 0 Å². The zero-order chi connectivity index (χ0) is 12.8. The number of hydrogen-bond acceptors (Lipinski definition) is 4. The summed E-state index contributed by atoms with van der Waals surface area (Å²) >= 11 is 0. The Kier molecular flexibility index (Phi) is 4.47. The van der Waals surface area contributed by atoms with Gasteiger partial charge < -0.3 is 20.2 Å². The lowest BCUT2D eigenvalue weighted by atomic mass is 10.2. The van der Waals surface area contributed by atoms with E-state index in [1.165, 1.54) is 0 Å². The lowest BCUT2D eigenvalue weighted by Gasteiger charge is -2.19. The van der Waals surface area contributed by atoms with Gasteiger partial charge in [-0.15, -0.1) is 0 Å². The zero-order valence-electron chi connectivity index (χ0n) is 10.8. The fraction of sp³-hybridized carbons (Fsp3) is 0.429. The highest BCUT2D eigenvalue weighted by molar-refractivity contribution is 5.26. The van der Waals surface area contributed by atoms with Crippen molar-refractivity contribution < 1.29 is 5.11 Å². The van der Waals surface area contributed by atoms with Gasteiger partial charge >= 0.3 is 0 Å². The predicted octanol–water partition coefficient (Wildman–Crippen LogP) is 1.55. The number of benzene rings is 1. The molecule has 98 valence electrons. The molecular formula is C14H21N3O. The normalized spacial score (nSPS) is 14.2. The summed E-state index contributed by atoms with van der Waals surface area (Å²) in [6.45, 7) is 3.94. The zero-order valence-corrected chi connectivity index (χ0v) is 10.8. The van der Waals surface area contributed by atoms with Crippen molar-refractivity contribution in [2.75, 3.05) is 26.8 Å². The van der Waals surface area contributed by atoms with Gasteiger partial charge in [0.1, 0.15) is 5.75 Å².